The van der Waals surface area contributed by atoms with E-state index in [0.29, 0.717) is 34.1 Å². The first kappa shape index (κ1) is 29.8. The van der Waals surface area contributed by atoms with Gasteiger partial charge in [0.2, 0.25) is 5.75 Å². The highest BCUT2D eigenvalue weighted by atomic mass is 16.5. The molecule has 1 unspecified atom stereocenters. The summed E-state index contributed by atoms with van der Waals surface area (Å²) in [6, 6.07) is 7.84. The SMILES string of the molecule is COc1ccc(C(C)(C)C)cc1/C(O)=C1\C(=O)C(=O)N(CCOC(C)C)C1c1cc(OC)c(OC)c(OC)c1. The molecule has 0 aliphatic carbocycles. The molecule has 1 N–H and O–H groups in total. The van der Waals surface area contributed by atoms with Crippen LogP contribution in [0, 0.1) is 0 Å². The number of rotatable bonds is 10. The zero-order valence-corrected chi connectivity index (χ0v) is 24.2. The first-order chi connectivity index (χ1) is 18.4. The first-order valence-corrected chi connectivity index (χ1v) is 12.8. The van der Waals surface area contributed by atoms with Crippen molar-refractivity contribution in [1.29, 1.82) is 0 Å². The Kier molecular flexibility index (Phi) is 9.17. The second kappa shape index (κ2) is 12.0. The number of Topliss-reactive ketones (excluding diaryl/α,β-unsaturated/α-hetero) is 1. The molecule has 212 valence electrons. The van der Waals surface area contributed by atoms with Crippen molar-refractivity contribution in [2.24, 2.45) is 0 Å². The molecule has 1 aliphatic heterocycles. The van der Waals surface area contributed by atoms with E-state index in [9.17, 15) is 14.7 Å². The molecule has 0 bridgehead atoms. The summed E-state index contributed by atoms with van der Waals surface area (Å²) in [6.07, 6.45) is -0.0640. The van der Waals surface area contributed by atoms with E-state index in [1.54, 1.807) is 24.3 Å². The molecule has 1 atom stereocenters. The highest BCUT2D eigenvalue weighted by Gasteiger charge is 2.47. The van der Waals surface area contributed by atoms with Crippen molar-refractivity contribution in [1.82, 2.24) is 4.90 Å². The number of ether oxygens (including phenoxy) is 5. The number of hydrogen-bond donors (Lipinski definition) is 1. The Morgan fingerprint density at radius 2 is 1.51 bits per heavy atom. The van der Waals surface area contributed by atoms with Crippen molar-refractivity contribution in [2.45, 2.75) is 52.2 Å². The van der Waals surface area contributed by atoms with E-state index in [1.165, 1.54) is 33.3 Å². The normalized spacial score (nSPS) is 17.1. The van der Waals surface area contributed by atoms with Gasteiger partial charge in [0.1, 0.15) is 11.5 Å². The van der Waals surface area contributed by atoms with Gasteiger partial charge in [-0.2, -0.15) is 0 Å². The van der Waals surface area contributed by atoms with Crippen LogP contribution >= 0.6 is 0 Å². The van der Waals surface area contributed by atoms with Crippen LogP contribution in [0.5, 0.6) is 23.0 Å². The van der Waals surface area contributed by atoms with E-state index >= 15 is 0 Å². The van der Waals surface area contributed by atoms with Gasteiger partial charge in [0.15, 0.2) is 11.5 Å². The molecule has 0 aromatic heterocycles. The number of amides is 1. The third-order valence-electron chi connectivity index (χ3n) is 6.65. The molecule has 9 nitrogen and oxygen atoms in total. The van der Waals surface area contributed by atoms with Crippen molar-refractivity contribution >= 4 is 17.4 Å². The maximum atomic E-state index is 13.5. The molecule has 2 aromatic carbocycles. The van der Waals surface area contributed by atoms with E-state index in [0.717, 1.165) is 5.56 Å². The fourth-order valence-electron chi connectivity index (χ4n) is 4.61. The Bertz CT molecular complexity index is 1230. The number of aliphatic hydroxyl groups excluding tert-OH is 1. The van der Waals surface area contributed by atoms with E-state index in [4.69, 9.17) is 23.7 Å². The van der Waals surface area contributed by atoms with E-state index in [2.05, 4.69) is 0 Å². The fraction of sp³-hybridized carbons (Fsp3) is 0.467. The summed E-state index contributed by atoms with van der Waals surface area (Å²) in [5.74, 6) is -0.442. The average molecular weight is 542 g/mol. The number of aliphatic hydroxyl groups is 1. The van der Waals surface area contributed by atoms with Gasteiger partial charge in [0.05, 0.1) is 58.3 Å². The monoisotopic (exact) mass is 541 g/mol. The van der Waals surface area contributed by atoms with Gasteiger partial charge in [0, 0.05) is 6.54 Å². The summed E-state index contributed by atoms with van der Waals surface area (Å²) in [7, 11) is 5.94. The third-order valence-corrected chi connectivity index (χ3v) is 6.65. The molecule has 1 heterocycles. The molecule has 0 spiro atoms. The molecule has 1 amide bonds. The van der Waals surface area contributed by atoms with Crippen LogP contribution in [0.4, 0.5) is 0 Å². The van der Waals surface area contributed by atoms with Gasteiger partial charge >= 0.3 is 0 Å². The van der Waals surface area contributed by atoms with Crippen LogP contribution in [-0.2, 0) is 19.7 Å². The van der Waals surface area contributed by atoms with Gasteiger partial charge in [-0.25, -0.2) is 0 Å². The molecule has 1 saturated heterocycles. The van der Waals surface area contributed by atoms with Crippen molar-refractivity contribution in [3.8, 4) is 23.0 Å². The number of nitrogens with zero attached hydrogens (tertiary/aromatic N) is 1. The Morgan fingerprint density at radius 1 is 0.923 bits per heavy atom. The number of carbonyl (C=O) groups is 2. The molecule has 2 aromatic rings. The van der Waals surface area contributed by atoms with Crippen molar-refractivity contribution < 1.29 is 38.4 Å². The van der Waals surface area contributed by atoms with Gasteiger partial charge < -0.3 is 33.7 Å². The lowest BCUT2D eigenvalue weighted by atomic mass is 9.85. The Morgan fingerprint density at radius 3 is 2.00 bits per heavy atom. The van der Waals surface area contributed by atoms with Crippen LogP contribution in [0.25, 0.3) is 5.76 Å². The minimum atomic E-state index is -0.947. The molecule has 39 heavy (non-hydrogen) atoms. The summed E-state index contributed by atoms with van der Waals surface area (Å²) in [4.78, 5) is 28.3. The van der Waals surface area contributed by atoms with Gasteiger partial charge in [0.25, 0.3) is 11.7 Å². The Balaban J connectivity index is 2.31. The standard InChI is InChI=1S/C30H39NO8/c1-17(2)39-13-12-31-25(18-14-22(36-7)28(38-9)23(15-18)37-8)24(27(33)29(31)34)26(32)20-16-19(30(3,4)5)10-11-21(20)35-6/h10-11,14-17,25,32H,12-13H2,1-9H3/b26-24+. The summed E-state index contributed by atoms with van der Waals surface area (Å²) in [5.41, 5.74) is 1.44. The van der Waals surface area contributed by atoms with Crippen LogP contribution in [0.15, 0.2) is 35.9 Å². The summed E-state index contributed by atoms with van der Waals surface area (Å²) in [6.45, 7) is 10.2. The van der Waals surface area contributed by atoms with Crippen LogP contribution in [-0.4, -0.2) is 69.4 Å². The van der Waals surface area contributed by atoms with Gasteiger partial charge in [-0.05, 0) is 54.7 Å². The van der Waals surface area contributed by atoms with Gasteiger partial charge in [-0.15, -0.1) is 0 Å². The lowest BCUT2D eigenvalue weighted by Crippen LogP contribution is -2.33. The zero-order valence-electron chi connectivity index (χ0n) is 24.2. The molecule has 1 fully saturated rings. The fourth-order valence-corrected chi connectivity index (χ4v) is 4.61. The van der Waals surface area contributed by atoms with Crippen LogP contribution < -0.4 is 18.9 Å². The quantitative estimate of drug-likeness (QED) is 0.258. The number of ketones is 1. The second-order valence-electron chi connectivity index (χ2n) is 10.5. The smallest absolute Gasteiger partial charge is 0.295 e. The zero-order chi connectivity index (χ0) is 29.1. The van der Waals surface area contributed by atoms with Crippen LogP contribution in [0.2, 0.25) is 0 Å². The number of hydrogen-bond acceptors (Lipinski definition) is 8. The van der Waals surface area contributed by atoms with Gasteiger partial charge in [-0.1, -0.05) is 26.8 Å². The third kappa shape index (κ3) is 5.98. The Hall–Kier alpha value is -3.72. The Labute approximate surface area is 230 Å². The van der Waals surface area contributed by atoms with Crippen molar-refractivity contribution in [2.75, 3.05) is 41.6 Å². The molecule has 3 rings (SSSR count). The lowest BCUT2D eigenvalue weighted by Gasteiger charge is -2.27. The van der Waals surface area contributed by atoms with E-state index in [1.807, 2.05) is 40.7 Å². The van der Waals surface area contributed by atoms with E-state index < -0.39 is 17.7 Å². The number of carbonyl (C=O) groups excluding carboxylic acids is 2. The maximum Gasteiger partial charge on any atom is 0.295 e. The highest BCUT2D eigenvalue weighted by molar-refractivity contribution is 6.46. The minimum Gasteiger partial charge on any atom is -0.507 e. The predicted octanol–water partition coefficient (Wildman–Crippen LogP) is 4.87. The molecular formula is C30H39NO8. The number of benzene rings is 2. The maximum absolute atomic E-state index is 13.5. The lowest BCUT2D eigenvalue weighted by molar-refractivity contribution is -0.140. The van der Waals surface area contributed by atoms with Crippen molar-refractivity contribution in [3.63, 3.8) is 0 Å². The second-order valence-corrected chi connectivity index (χ2v) is 10.5. The number of likely N-dealkylation sites (tertiary alicyclic amines) is 1. The molecule has 1 aliphatic rings. The van der Waals surface area contributed by atoms with Gasteiger partial charge in [-0.3, -0.25) is 9.59 Å². The molecule has 0 radical (unpaired) electrons. The summed E-state index contributed by atoms with van der Waals surface area (Å²) >= 11 is 0. The molecule has 0 saturated carbocycles. The molecule has 9 heteroatoms. The molecular weight excluding hydrogens is 502 g/mol. The first-order valence-electron chi connectivity index (χ1n) is 12.8. The number of methoxy groups -OCH3 is 4. The largest absolute Gasteiger partial charge is 0.507 e. The van der Waals surface area contributed by atoms with Crippen LogP contribution in [0.1, 0.15) is 57.4 Å². The predicted molar refractivity (Wildman–Crippen MR) is 148 cm³/mol. The van der Waals surface area contributed by atoms with Crippen molar-refractivity contribution in [3.05, 3.63) is 52.6 Å². The minimum absolute atomic E-state index is 0.0640. The summed E-state index contributed by atoms with van der Waals surface area (Å²) < 4.78 is 27.8. The topological polar surface area (TPSA) is 104 Å². The van der Waals surface area contributed by atoms with Crippen LogP contribution in [0.3, 0.4) is 0 Å². The average Bonchev–Trinajstić information content (AvgIpc) is 3.15. The summed E-state index contributed by atoms with van der Waals surface area (Å²) in [5, 5.41) is 11.7. The highest BCUT2D eigenvalue weighted by Crippen LogP contribution is 2.46. The van der Waals surface area contributed by atoms with E-state index in [-0.39, 0.29) is 36.0 Å².